The number of benzene rings is 1. The first-order chi connectivity index (χ1) is 11.5. The summed E-state index contributed by atoms with van der Waals surface area (Å²) in [6, 6.07) is 3.25. The molecule has 24 heavy (non-hydrogen) atoms. The highest BCUT2D eigenvalue weighted by molar-refractivity contribution is 7.15. The zero-order valence-electron chi connectivity index (χ0n) is 13.4. The van der Waals surface area contributed by atoms with Gasteiger partial charge in [-0.1, -0.05) is 11.6 Å². The number of halogens is 1. The van der Waals surface area contributed by atoms with Crippen molar-refractivity contribution in [1.82, 2.24) is 9.38 Å². The van der Waals surface area contributed by atoms with E-state index in [1.165, 1.54) is 25.6 Å². The van der Waals surface area contributed by atoms with Crippen LogP contribution in [-0.2, 0) is 11.2 Å². The van der Waals surface area contributed by atoms with E-state index in [1.807, 2.05) is 22.9 Å². The highest BCUT2D eigenvalue weighted by atomic mass is 35.5. The number of amides is 1. The lowest BCUT2D eigenvalue weighted by atomic mass is 10.2. The lowest BCUT2D eigenvalue weighted by Crippen LogP contribution is -2.16. The summed E-state index contributed by atoms with van der Waals surface area (Å²) in [7, 11) is 3.04. The fraction of sp³-hybridized carbons (Fsp3) is 0.250. The number of rotatable bonds is 5. The number of carbonyl (C=O) groups excluding carboxylic acids is 1. The normalized spacial score (nSPS) is 10.8. The Balaban J connectivity index is 1.80. The molecule has 3 rings (SSSR count). The minimum Gasteiger partial charge on any atom is -0.495 e. The van der Waals surface area contributed by atoms with Crippen molar-refractivity contribution in [1.29, 1.82) is 0 Å². The van der Waals surface area contributed by atoms with Gasteiger partial charge in [-0.05, 0) is 13.0 Å². The average molecular weight is 366 g/mol. The predicted molar refractivity (Wildman–Crippen MR) is 94.7 cm³/mol. The van der Waals surface area contributed by atoms with Crippen LogP contribution in [0.1, 0.15) is 11.4 Å². The van der Waals surface area contributed by atoms with E-state index in [0.29, 0.717) is 22.2 Å². The number of nitrogens with zero attached hydrogens (tertiary/aromatic N) is 2. The topological polar surface area (TPSA) is 64.9 Å². The van der Waals surface area contributed by atoms with Gasteiger partial charge in [-0.15, -0.1) is 11.3 Å². The number of ether oxygens (including phenoxy) is 2. The minimum atomic E-state index is -0.166. The molecule has 0 fully saturated rings. The van der Waals surface area contributed by atoms with Crippen molar-refractivity contribution in [2.75, 3.05) is 19.5 Å². The van der Waals surface area contributed by atoms with E-state index in [0.717, 1.165) is 16.3 Å². The lowest BCUT2D eigenvalue weighted by molar-refractivity contribution is -0.115. The van der Waals surface area contributed by atoms with Gasteiger partial charge in [0.1, 0.15) is 11.5 Å². The maximum absolute atomic E-state index is 12.4. The highest BCUT2D eigenvalue weighted by Crippen LogP contribution is 2.36. The third-order valence-corrected chi connectivity index (χ3v) is 4.68. The SMILES string of the molecule is COc1cc(OC)c(NC(=O)Cc2csc3nc(C)cn23)cc1Cl. The minimum absolute atomic E-state index is 0.166. The summed E-state index contributed by atoms with van der Waals surface area (Å²) >= 11 is 7.63. The number of methoxy groups -OCH3 is 2. The van der Waals surface area contributed by atoms with Gasteiger partial charge >= 0.3 is 0 Å². The Morgan fingerprint density at radius 1 is 1.33 bits per heavy atom. The smallest absolute Gasteiger partial charge is 0.230 e. The van der Waals surface area contributed by atoms with Gasteiger partial charge in [0.05, 0.1) is 37.0 Å². The van der Waals surface area contributed by atoms with Crippen LogP contribution in [0, 0.1) is 6.92 Å². The second kappa shape index (κ2) is 6.70. The maximum Gasteiger partial charge on any atom is 0.230 e. The monoisotopic (exact) mass is 365 g/mol. The van der Waals surface area contributed by atoms with Crippen molar-refractivity contribution >= 4 is 39.5 Å². The second-order valence-electron chi connectivity index (χ2n) is 5.17. The molecule has 0 aliphatic rings. The Labute approximate surface area is 148 Å². The molecule has 0 aliphatic heterocycles. The zero-order chi connectivity index (χ0) is 17.3. The third-order valence-electron chi connectivity index (χ3n) is 3.49. The quantitative estimate of drug-likeness (QED) is 0.750. The summed E-state index contributed by atoms with van der Waals surface area (Å²) in [5, 5.41) is 5.16. The van der Waals surface area contributed by atoms with Gasteiger partial charge in [0.25, 0.3) is 0 Å². The molecule has 2 aromatic heterocycles. The first kappa shape index (κ1) is 16.6. The second-order valence-corrected chi connectivity index (χ2v) is 6.42. The number of hydrogen-bond acceptors (Lipinski definition) is 5. The van der Waals surface area contributed by atoms with Crippen LogP contribution < -0.4 is 14.8 Å². The van der Waals surface area contributed by atoms with Crippen LogP contribution in [0.25, 0.3) is 4.96 Å². The molecule has 0 atom stereocenters. The number of aryl methyl sites for hydroxylation is 1. The lowest BCUT2D eigenvalue weighted by Gasteiger charge is -2.13. The molecule has 1 amide bonds. The molecule has 126 valence electrons. The fourth-order valence-corrected chi connectivity index (χ4v) is 3.54. The highest BCUT2D eigenvalue weighted by Gasteiger charge is 2.15. The van der Waals surface area contributed by atoms with Crippen LogP contribution in [0.5, 0.6) is 11.5 Å². The van der Waals surface area contributed by atoms with Crippen molar-refractivity contribution in [2.45, 2.75) is 13.3 Å². The van der Waals surface area contributed by atoms with Gasteiger partial charge in [-0.3, -0.25) is 9.20 Å². The first-order valence-electron chi connectivity index (χ1n) is 7.15. The summed E-state index contributed by atoms with van der Waals surface area (Å²) in [6.45, 7) is 1.92. The molecule has 0 saturated heterocycles. The van der Waals surface area contributed by atoms with E-state index in [9.17, 15) is 4.79 Å². The van der Waals surface area contributed by atoms with E-state index >= 15 is 0 Å². The van der Waals surface area contributed by atoms with Crippen molar-refractivity contribution in [3.63, 3.8) is 0 Å². The van der Waals surface area contributed by atoms with E-state index in [2.05, 4.69) is 10.3 Å². The molecule has 0 radical (unpaired) electrons. The van der Waals surface area contributed by atoms with Crippen molar-refractivity contribution in [3.8, 4) is 11.5 Å². The van der Waals surface area contributed by atoms with E-state index in [4.69, 9.17) is 21.1 Å². The standard InChI is InChI=1S/C16H16ClN3O3S/c1-9-7-20-10(8-24-16(20)18-9)4-15(21)19-12-5-11(17)13(22-2)6-14(12)23-3/h5-8H,4H2,1-3H3,(H,19,21). The van der Waals surface area contributed by atoms with Gasteiger partial charge in [0, 0.05) is 23.3 Å². The Kier molecular flexibility index (Phi) is 4.64. The molecule has 0 aliphatic carbocycles. The van der Waals surface area contributed by atoms with Crippen LogP contribution in [0.3, 0.4) is 0 Å². The number of fused-ring (bicyclic) bond motifs is 1. The Morgan fingerprint density at radius 2 is 2.08 bits per heavy atom. The Bertz CT molecular complexity index is 903. The van der Waals surface area contributed by atoms with Crippen LogP contribution in [-0.4, -0.2) is 29.5 Å². The molecule has 1 N–H and O–H groups in total. The summed E-state index contributed by atoms with van der Waals surface area (Å²) in [4.78, 5) is 17.7. The zero-order valence-corrected chi connectivity index (χ0v) is 15.0. The van der Waals surface area contributed by atoms with Gasteiger partial charge in [-0.25, -0.2) is 4.98 Å². The summed E-state index contributed by atoms with van der Waals surface area (Å²) in [5.74, 6) is 0.805. The summed E-state index contributed by atoms with van der Waals surface area (Å²) in [5.41, 5.74) is 2.31. The number of carbonyl (C=O) groups is 1. The molecular weight excluding hydrogens is 350 g/mol. The van der Waals surface area contributed by atoms with E-state index < -0.39 is 0 Å². The predicted octanol–water partition coefficient (Wildman–Crippen LogP) is 3.56. The van der Waals surface area contributed by atoms with Gasteiger partial charge in [0.15, 0.2) is 4.96 Å². The molecular formula is C16H16ClN3O3S. The van der Waals surface area contributed by atoms with Crippen molar-refractivity contribution in [3.05, 3.63) is 40.1 Å². The number of aromatic nitrogens is 2. The Morgan fingerprint density at radius 3 is 2.79 bits per heavy atom. The van der Waals surface area contributed by atoms with Crippen LogP contribution in [0.15, 0.2) is 23.7 Å². The fourth-order valence-electron chi connectivity index (χ4n) is 2.39. The Hall–Kier alpha value is -2.25. The molecule has 6 nitrogen and oxygen atoms in total. The summed E-state index contributed by atoms with van der Waals surface area (Å²) in [6.07, 6.45) is 2.14. The van der Waals surface area contributed by atoms with Gasteiger partial charge < -0.3 is 14.8 Å². The van der Waals surface area contributed by atoms with Crippen molar-refractivity contribution < 1.29 is 14.3 Å². The average Bonchev–Trinajstić information content (AvgIpc) is 3.08. The van der Waals surface area contributed by atoms with Crippen LogP contribution >= 0.6 is 22.9 Å². The molecule has 2 heterocycles. The van der Waals surface area contributed by atoms with Gasteiger partial charge in [-0.2, -0.15) is 0 Å². The molecule has 0 unspecified atom stereocenters. The first-order valence-corrected chi connectivity index (χ1v) is 8.41. The molecule has 1 aromatic carbocycles. The van der Waals surface area contributed by atoms with Crippen LogP contribution in [0.4, 0.5) is 5.69 Å². The van der Waals surface area contributed by atoms with Gasteiger partial charge in [0.2, 0.25) is 5.91 Å². The van der Waals surface area contributed by atoms with E-state index in [1.54, 1.807) is 12.1 Å². The molecule has 0 spiro atoms. The number of imidazole rings is 1. The number of hydrogen-bond donors (Lipinski definition) is 1. The van der Waals surface area contributed by atoms with Crippen LogP contribution in [0.2, 0.25) is 5.02 Å². The summed E-state index contributed by atoms with van der Waals surface area (Å²) < 4.78 is 12.4. The molecule has 3 aromatic rings. The number of thiazole rings is 1. The molecule has 8 heteroatoms. The molecule has 0 saturated carbocycles. The third kappa shape index (κ3) is 3.18. The number of nitrogens with one attached hydrogen (secondary N) is 1. The van der Waals surface area contributed by atoms with E-state index in [-0.39, 0.29) is 12.3 Å². The number of anilines is 1. The largest absolute Gasteiger partial charge is 0.495 e. The molecule has 0 bridgehead atoms. The van der Waals surface area contributed by atoms with Crippen molar-refractivity contribution in [2.24, 2.45) is 0 Å². The maximum atomic E-state index is 12.4.